The third-order valence-electron chi connectivity index (χ3n) is 3.64. The normalized spacial score (nSPS) is 10.4. The average Bonchev–Trinajstić information content (AvgIpc) is 3.06. The number of hydrogen-bond acceptors (Lipinski definition) is 6. The van der Waals surface area contributed by atoms with Gasteiger partial charge in [-0.05, 0) is 41.6 Å². The Morgan fingerprint density at radius 1 is 1.15 bits per heavy atom. The van der Waals surface area contributed by atoms with E-state index >= 15 is 0 Å². The maximum absolute atomic E-state index is 12.1. The van der Waals surface area contributed by atoms with Crippen molar-refractivity contribution in [1.29, 1.82) is 0 Å². The van der Waals surface area contributed by atoms with Gasteiger partial charge in [0.15, 0.2) is 18.2 Å². The molecule has 0 aliphatic heterocycles. The number of ether oxygens (including phenoxy) is 1. The smallest absolute Gasteiger partial charge is 0.262 e. The molecule has 3 aromatic rings. The van der Waals surface area contributed by atoms with Crippen LogP contribution in [0.25, 0.3) is 11.4 Å². The zero-order valence-electron chi connectivity index (χ0n) is 14.3. The van der Waals surface area contributed by atoms with E-state index in [0.29, 0.717) is 22.8 Å². The Bertz CT molecular complexity index is 951. The van der Waals surface area contributed by atoms with Gasteiger partial charge >= 0.3 is 0 Å². The van der Waals surface area contributed by atoms with Crippen LogP contribution < -0.4 is 10.1 Å². The molecule has 1 N–H and O–H groups in total. The van der Waals surface area contributed by atoms with Crippen LogP contribution in [0, 0.1) is 0 Å². The minimum absolute atomic E-state index is 0.0602. The van der Waals surface area contributed by atoms with Crippen LogP contribution in [0.1, 0.15) is 17.3 Å². The Balaban J connectivity index is 1.63. The SMILES string of the molecule is CC(=O)c1cccc(OCC(=O)Nc2cccc(-c3nnnn3C)c2)c1. The van der Waals surface area contributed by atoms with Gasteiger partial charge in [0.25, 0.3) is 5.91 Å². The van der Waals surface area contributed by atoms with Gasteiger partial charge in [-0.25, -0.2) is 4.68 Å². The van der Waals surface area contributed by atoms with Gasteiger partial charge in [-0.1, -0.05) is 24.3 Å². The Morgan fingerprint density at radius 2 is 1.96 bits per heavy atom. The van der Waals surface area contributed by atoms with Crippen LogP contribution in [0.4, 0.5) is 5.69 Å². The average molecular weight is 351 g/mol. The lowest BCUT2D eigenvalue weighted by Crippen LogP contribution is -2.20. The first kappa shape index (κ1) is 17.3. The van der Waals surface area contributed by atoms with E-state index < -0.39 is 0 Å². The Kier molecular flexibility index (Phi) is 5.02. The molecule has 1 aromatic heterocycles. The van der Waals surface area contributed by atoms with Gasteiger partial charge in [-0.2, -0.15) is 0 Å². The number of carbonyl (C=O) groups excluding carboxylic acids is 2. The first-order valence-corrected chi connectivity index (χ1v) is 7.89. The fraction of sp³-hybridized carbons (Fsp3) is 0.167. The minimum atomic E-state index is -0.313. The van der Waals surface area contributed by atoms with Crippen LogP contribution in [-0.2, 0) is 11.8 Å². The molecule has 0 unspecified atom stereocenters. The predicted molar refractivity (Wildman–Crippen MR) is 94.8 cm³/mol. The summed E-state index contributed by atoms with van der Waals surface area (Å²) in [6.45, 7) is 1.31. The lowest BCUT2D eigenvalue weighted by molar-refractivity contribution is -0.118. The lowest BCUT2D eigenvalue weighted by Gasteiger charge is -2.09. The molecule has 0 atom stereocenters. The number of nitrogens with one attached hydrogen (secondary N) is 1. The Labute approximate surface area is 149 Å². The van der Waals surface area contributed by atoms with Crippen molar-refractivity contribution in [3.8, 4) is 17.1 Å². The summed E-state index contributed by atoms with van der Waals surface area (Å²) in [7, 11) is 1.74. The number of nitrogens with zero attached hydrogens (tertiary/aromatic N) is 4. The minimum Gasteiger partial charge on any atom is -0.484 e. The van der Waals surface area contributed by atoms with Crippen molar-refractivity contribution in [2.75, 3.05) is 11.9 Å². The quantitative estimate of drug-likeness (QED) is 0.683. The van der Waals surface area contributed by atoms with Crippen molar-refractivity contribution in [3.63, 3.8) is 0 Å². The standard InChI is InChI=1S/C18H17N5O3/c1-12(24)13-5-4-8-16(10-13)26-11-17(25)19-15-7-3-6-14(9-15)18-20-21-22-23(18)2/h3-10H,11H2,1-2H3,(H,19,25). The van der Waals surface area contributed by atoms with E-state index in [1.165, 1.54) is 6.92 Å². The molecular weight excluding hydrogens is 334 g/mol. The fourth-order valence-corrected chi connectivity index (χ4v) is 2.36. The second kappa shape index (κ2) is 7.56. The molecule has 26 heavy (non-hydrogen) atoms. The number of tetrazole rings is 1. The number of benzene rings is 2. The van der Waals surface area contributed by atoms with E-state index in [1.807, 2.05) is 6.07 Å². The summed E-state index contributed by atoms with van der Waals surface area (Å²) in [6.07, 6.45) is 0. The molecule has 0 fully saturated rings. The van der Waals surface area contributed by atoms with Crippen LogP contribution in [-0.4, -0.2) is 38.5 Å². The van der Waals surface area contributed by atoms with Crippen LogP contribution in [0.5, 0.6) is 5.75 Å². The highest BCUT2D eigenvalue weighted by Crippen LogP contribution is 2.19. The number of amides is 1. The zero-order chi connectivity index (χ0) is 18.5. The Morgan fingerprint density at radius 3 is 2.69 bits per heavy atom. The highest BCUT2D eigenvalue weighted by atomic mass is 16.5. The number of carbonyl (C=O) groups is 2. The largest absolute Gasteiger partial charge is 0.484 e. The highest BCUT2D eigenvalue weighted by molar-refractivity contribution is 5.94. The summed E-state index contributed by atoms with van der Waals surface area (Å²) in [5.74, 6) is 0.687. The number of ketones is 1. The number of rotatable bonds is 6. The number of Topliss-reactive ketones (excluding diaryl/α,β-unsaturated/α-hetero) is 1. The molecule has 2 aromatic carbocycles. The zero-order valence-corrected chi connectivity index (χ0v) is 14.3. The number of aryl methyl sites for hydroxylation is 1. The predicted octanol–water partition coefficient (Wildman–Crippen LogP) is 2.10. The molecule has 0 saturated heterocycles. The van der Waals surface area contributed by atoms with E-state index in [9.17, 15) is 9.59 Å². The molecule has 0 spiro atoms. The first-order chi connectivity index (χ1) is 12.5. The van der Waals surface area contributed by atoms with E-state index in [4.69, 9.17) is 4.74 Å². The maximum atomic E-state index is 12.1. The number of anilines is 1. The number of hydrogen-bond donors (Lipinski definition) is 1. The van der Waals surface area contributed by atoms with E-state index in [2.05, 4.69) is 20.8 Å². The summed E-state index contributed by atoms with van der Waals surface area (Å²) in [5, 5.41) is 14.1. The lowest BCUT2D eigenvalue weighted by atomic mass is 10.1. The van der Waals surface area contributed by atoms with E-state index in [0.717, 1.165) is 5.56 Å². The molecule has 0 saturated carbocycles. The monoisotopic (exact) mass is 351 g/mol. The fourth-order valence-electron chi connectivity index (χ4n) is 2.36. The molecule has 1 heterocycles. The molecule has 3 rings (SSSR count). The van der Waals surface area contributed by atoms with Crippen molar-refractivity contribution in [2.24, 2.45) is 7.05 Å². The Hall–Kier alpha value is -3.55. The molecule has 1 amide bonds. The van der Waals surface area contributed by atoms with Crippen molar-refractivity contribution in [2.45, 2.75) is 6.92 Å². The molecule has 0 aliphatic carbocycles. The van der Waals surface area contributed by atoms with Crippen molar-refractivity contribution < 1.29 is 14.3 Å². The third kappa shape index (κ3) is 4.10. The maximum Gasteiger partial charge on any atom is 0.262 e. The van der Waals surface area contributed by atoms with Crippen LogP contribution >= 0.6 is 0 Å². The van der Waals surface area contributed by atoms with Crippen molar-refractivity contribution in [1.82, 2.24) is 20.2 Å². The van der Waals surface area contributed by atoms with Gasteiger partial charge in [0.05, 0.1) is 0 Å². The van der Waals surface area contributed by atoms with Crippen molar-refractivity contribution in [3.05, 3.63) is 54.1 Å². The van der Waals surface area contributed by atoms with Gasteiger partial charge in [-0.3, -0.25) is 9.59 Å². The van der Waals surface area contributed by atoms with Crippen LogP contribution in [0.3, 0.4) is 0 Å². The molecular formula is C18H17N5O3. The van der Waals surface area contributed by atoms with E-state index in [-0.39, 0.29) is 18.3 Å². The third-order valence-corrected chi connectivity index (χ3v) is 3.64. The summed E-state index contributed by atoms with van der Waals surface area (Å²) >= 11 is 0. The van der Waals surface area contributed by atoms with Gasteiger partial charge in [-0.15, -0.1) is 5.10 Å². The second-order valence-corrected chi connectivity index (χ2v) is 5.63. The summed E-state index contributed by atoms with van der Waals surface area (Å²) < 4.78 is 7.00. The summed E-state index contributed by atoms with van der Waals surface area (Å²) in [6, 6.07) is 13.9. The van der Waals surface area contributed by atoms with Gasteiger partial charge in [0.1, 0.15) is 5.75 Å². The van der Waals surface area contributed by atoms with Gasteiger partial charge in [0.2, 0.25) is 0 Å². The summed E-state index contributed by atoms with van der Waals surface area (Å²) in [4.78, 5) is 23.5. The highest BCUT2D eigenvalue weighted by Gasteiger charge is 2.09. The van der Waals surface area contributed by atoms with Gasteiger partial charge < -0.3 is 10.1 Å². The molecule has 8 heteroatoms. The van der Waals surface area contributed by atoms with Crippen molar-refractivity contribution >= 4 is 17.4 Å². The molecule has 0 radical (unpaired) electrons. The molecule has 0 bridgehead atoms. The summed E-state index contributed by atoms with van der Waals surface area (Å²) in [5.41, 5.74) is 1.93. The second-order valence-electron chi connectivity index (χ2n) is 5.63. The molecule has 8 nitrogen and oxygen atoms in total. The topological polar surface area (TPSA) is 99.0 Å². The molecule has 132 valence electrons. The first-order valence-electron chi connectivity index (χ1n) is 7.89. The molecule has 0 aliphatic rings. The van der Waals surface area contributed by atoms with Gasteiger partial charge in [0, 0.05) is 23.9 Å². The van der Waals surface area contributed by atoms with Crippen LogP contribution in [0.2, 0.25) is 0 Å². The number of aromatic nitrogens is 4. The van der Waals surface area contributed by atoms with Crippen LogP contribution in [0.15, 0.2) is 48.5 Å². The van der Waals surface area contributed by atoms with E-state index in [1.54, 1.807) is 54.2 Å².